The van der Waals surface area contributed by atoms with Crippen molar-refractivity contribution in [2.24, 2.45) is 5.41 Å². The van der Waals surface area contributed by atoms with Crippen LogP contribution in [0.4, 0.5) is 14.9 Å². The van der Waals surface area contributed by atoms with Crippen molar-refractivity contribution in [3.05, 3.63) is 59.9 Å². The van der Waals surface area contributed by atoms with E-state index in [-0.39, 0.29) is 23.0 Å². The lowest BCUT2D eigenvalue weighted by atomic mass is 9.62. The number of aromatic hydroxyl groups is 1. The number of benzene rings is 2. The highest BCUT2D eigenvalue weighted by Crippen LogP contribution is 2.55. The van der Waals surface area contributed by atoms with E-state index in [1.165, 1.54) is 17.7 Å². The molecule has 0 aromatic heterocycles. The Labute approximate surface area is 171 Å². The second-order valence-corrected chi connectivity index (χ2v) is 8.55. The van der Waals surface area contributed by atoms with Crippen LogP contribution in [0.15, 0.2) is 48.5 Å². The molecule has 29 heavy (non-hydrogen) atoms. The Bertz CT molecular complexity index is 859. The number of amides is 2. The molecule has 0 bridgehead atoms. The van der Waals surface area contributed by atoms with Gasteiger partial charge in [0.2, 0.25) is 0 Å². The van der Waals surface area contributed by atoms with Crippen LogP contribution in [-0.4, -0.2) is 46.6 Å². The van der Waals surface area contributed by atoms with Gasteiger partial charge in [0.15, 0.2) is 0 Å². The number of hydrogen-bond donors (Lipinski definition) is 2. The first-order chi connectivity index (χ1) is 13.9. The average Bonchev–Trinajstić information content (AvgIpc) is 2.70. The second-order valence-electron chi connectivity index (χ2n) is 8.55. The minimum Gasteiger partial charge on any atom is -0.508 e. The lowest BCUT2D eigenvalue weighted by molar-refractivity contribution is -0.123. The Morgan fingerprint density at radius 2 is 1.72 bits per heavy atom. The van der Waals surface area contributed by atoms with Gasteiger partial charge < -0.3 is 15.3 Å². The third-order valence-electron chi connectivity index (χ3n) is 6.42. The minimum absolute atomic E-state index is 0.132. The van der Waals surface area contributed by atoms with Gasteiger partial charge in [-0.1, -0.05) is 12.1 Å². The van der Waals surface area contributed by atoms with E-state index in [0.717, 1.165) is 19.4 Å². The molecule has 2 N–H and O–H groups in total. The fraction of sp³-hybridized carbons (Fsp3) is 0.435. The van der Waals surface area contributed by atoms with E-state index in [1.807, 2.05) is 17.0 Å². The van der Waals surface area contributed by atoms with Gasteiger partial charge in [-0.3, -0.25) is 4.90 Å². The summed E-state index contributed by atoms with van der Waals surface area (Å²) in [5, 5.41) is 12.5. The molecule has 2 aromatic carbocycles. The Morgan fingerprint density at radius 3 is 2.31 bits per heavy atom. The molecule has 4 rings (SSSR count). The Kier molecular flexibility index (Phi) is 5.21. The molecular weight excluding hydrogens is 369 g/mol. The molecule has 1 atom stereocenters. The van der Waals surface area contributed by atoms with E-state index < -0.39 is 0 Å². The summed E-state index contributed by atoms with van der Waals surface area (Å²) in [4.78, 5) is 17.0. The molecule has 2 amide bonds. The van der Waals surface area contributed by atoms with Crippen LogP contribution in [0.5, 0.6) is 5.75 Å². The highest BCUT2D eigenvalue weighted by atomic mass is 19.1. The molecular formula is C23H28FN3O2. The summed E-state index contributed by atoms with van der Waals surface area (Å²) in [5.74, 6) is -0.0339. The molecule has 2 aliphatic heterocycles. The lowest BCUT2D eigenvalue weighted by Crippen LogP contribution is -2.64. The fourth-order valence-electron chi connectivity index (χ4n) is 4.79. The van der Waals surface area contributed by atoms with Crippen LogP contribution in [0.25, 0.3) is 0 Å². The third kappa shape index (κ3) is 3.81. The second kappa shape index (κ2) is 7.67. The Morgan fingerprint density at radius 1 is 1.10 bits per heavy atom. The van der Waals surface area contributed by atoms with Gasteiger partial charge in [0.1, 0.15) is 11.6 Å². The summed E-state index contributed by atoms with van der Waals surface area (Å²) in [6.45, 7) is 6.86. The molecule has 0 aliphatic carbocycles. The largest absolute Gasteiger partial charge is 0.508 e. The highest BCUT2D eigenvalue weighted by molar-refractivity contribution is 5.89. The number of rotatable bonds is 3. The topological polar surface area (TPSA) is 55.8 Å². The summed E-state index contributed by atoms with van der Waals surface area (Å²) >= 11 is 0. The van der Waals surface area contributed by atoms with Gasteiger partial charge >= 0.3 is 6.03 Å². The molecule has 1 unspecified atom stereocenters. The maximum absolute atomic E-state index is 13.1. The first kappa shape index (κ1) is 19.7. The van der Waals surface area contributed by atoms with E-state index in [9.17, 15) is 14.3 Å². The molecule has 0 radical (unpaired) electrons. The van der Waals surface area contributed by atoms with Crippen molar-refractivity contribution in [3.63, 3.8) is 0 Å². The van der Waals surface area contributed by atoms with Gasteiger partial charge in [0.25, 0.3) is 0 Å². The number of phenolic OH excluding ortho intramolecular Hbond substituents is 1. The van der Waals surface area contributed by atoms with Gasteiger partial charge in [0.05, 0.1) is 0 Å². The zero-order chi connectivity index (χ0) is 20.6. The number of phenols is 1. The van der Waals surface area contributed by atoms with Crippen LogP contribution in [0.1, 0.15) is 38.3 Å². The van der Waals surface area contributed by atoms with Crippen LogP contribution < -0.4 is 5.32 Å². The van der Waals surface area contributed by atoms with Gasteiger partial charge in [-0.15, -0.1) is 0 Å². The average molecular weight is 397 g/mol. The fourth-order valence-corrected chi connectivity index (χ4v) is 4.79. The number of piperidine rings is 1. The van der Waals surface area contributed by atoms with Crippen molar-refractivity contribution in [1.82, 2.24) is 9.80 Å². The summed E-state index contributed by atoms with van der Waals surface area (Å²) in [7, 11) is 0. The normalized spacial score (nSPS) is 21.2. The molecule has 2 fully saturated rings. The zero-order valence-electron chi connectivity index (χ0n) is 16.9. The number of urea groups is 1. The number of nitrogens with one attached hydrogen (secondary N) is 1. The number of anilines is 1. The van der Waals surface area contributed by atoms with Crippen LogP contribution in [-0.2, 0) is 0 Å². The van der Waals surface area contributed by atoms with Gasteiger partial charge in [-0.25, -0.2) is 9.18 Å². The van der Waals surface area contributed by atoms with Crippen molar-refractivity contribution >= 4 is 11.7 Å². The minimum atomic E-state index is -0.317. The molecule has 2 aliphatic rings. The maximum Gasteiger partial charge on any atom is 0.321 e. The monoisotopic (exact) mass is 397 g/mol. The van der Waals surface area contributed by atoms with Crippen molar-refractivity contribution in [2.75, 3.05) is 25.0 Å². The van der Waals surface area contributed by atoms with E-state index in [1.54, 1.807) is 24.3 Å². The van der Waals surface area contributed by atoms with Gasteiger partial charge in [0, 0.05) is 42.8 Å². The van der Waals surface area contributed by atoms with Crippen LogP contribution in [0.3, 0.4) is 0 Å². The third-order valence-corrected chi connectivity index (χ3v) is 6.42. The van der Waals surface area contributed by atoms with E-state index in [0.29, 0.717) is 30.9 Å². The van der Waals surface area contributed by atoms with E-state index in [4.69, 9.17) is 0 Å². The molecule has 1 spiro atoms. The summed E-state index contributed by atoms with van der Waals surface area (Å²) in [5.41, 5.74) is 1.99. The first-order valence-corrected chi connectivity index (χ1v) is 10.2. The zero-order valence-corrected chi connectivity index (χ0v) is 16.9. The van der Waals surface area contributed by atoms with E-state index >= 15 is 0 Å². The smallest absolute Gasteiger partial charge is 0.321 e. The van der Waals surface area contributed by atoms with Crippen LogP contribution >= 0.6 is 0 Å². The first-order valence-electron chi connectivity index (χ1n) is 10.2. The van der Waals surface area contributed by atoms with Crippen LogP contribution in [0.2, 0.25) is 0 Å². The maximum atomic E-state index is 13.1. The molecule has 2 saturated heterocycles. The Balaban J connectivity index is 1.43. The van der Waals surface area contributed by atoms with Crippen molar-refractivity contribution in [1.29, 1.82) is 0 Å². The molecule has 2 heterocycles. The molecule has 2 aromatic rings. The standard InChI is InChI=1S/C23H28FN3O2/c1-16(2)27-15-23(21(27)17-3-9-20(28)10-4-17)11-13-26(14-12-23)22(29)25-19-7-5-18(24)6-8-19/h3-10,16,21,28H,11-15H2,1-2H3,(H,25,29). The predicted octanol–water partition coefficient (Wildman–Crippen LogP) is 4.61. The summed E-state index contributed by atoms with van der Waals surface area (Å²) < 4.78 is 13.1. The summed E-state index contributed by atoms with van der Waals surface area (Å²) in [6.07, 6.45) is 1.89. The number of nitrogens with zero attached hydrogens (tertiary/aromatic N) is 2. The number of hydrogen-bond acceptors (Lipinski definition) is 3. The molecule has 154 valence electrons. The number of likely N-dealkylation sites (tertiary alicyclic amines) is 2. The van der Waals surface area contributed by atoms with Crippen molar-refractivity contribution in [3.8, 4) is 5.75 Å². The van der Waals surface area contributed by atoms with E-state index in [2.05, 4.69) is 24.1 Å². The lowest BCUT2D eigenvalue weighted by Gasteiger charge is -2.62. The van der Waals surface area contributed by atoms with Crippen LogP contribution in [0, 0.1) is 11.2 Å². The number of carbonyl (C=O) groups is 1. The quantitative estimate of drug-likeness (QED) is 0.795. The van der Waals surface area contributed by atoms with Crippen molar-refractivity contribution in [2.45, 2.75) is 38.8 Å². The van der Waals surface area contributed by atoms with Crippen molar-refractivity contribution < 1.29 is 14.3 Å². The number of carbonyl (C=O) groups excluding carboxylic acids is 1. The van der Waals surface area contributed by atoms with Gasteiger partial charge in [-0.2, -0.15) is 0 Å². The predicted molar refractivity (Wildman–Crippen MR) is 111 cm³/mol. The Hall–Kier alpha value is -2.60. The van der Waals surface area contributed by atoms with Gasteiger partial charge in [-0.05, 0) is 68.7 Å². The highest BCUT2D eigenvalue weighted by Gasteiger charge is 2.54. The summed E-state index contributed by atoms with van der Waals surface area (Å²) in [6, 6.07) is 14.0. The number of halogens is 1. The SMILES string of the molecule is CC(C)N1CC2(CCN(C(=O)Nc3ccc(F)cc3)CC2)C1c1ccc(O)cc1. The molecule has 0 saturated carbocycles. The molecule has 5 nitrogen and oxygen atoms in total. The molecule has 6 heteroatoms.